The predicted molar refractivity (Wildman–Crippen MR) is 104 cm³/mol. The maximum Gasteiger partial charge on any atom is 0.289 e. The number of nitrogens with zero attached hydrogens (tertiary/aromatic N) is 3. The van der Waals surface area contributed by atoms with Crippen LogP contribution in [0.2, 0.25) is 0 Å². The number of amides is 2. The fraction of sp³-hybridized carbons (Fsp3) is 0.300. The zero-order chi connectivity index (χ0) is 20.2. The molecule has 1 fully saturated rings. The lowest BCUT2D eigenvalue weighted by molar-refractivity contribution is -0.121. The summed E-state index contributed by atoms with van der Waals surface area (Å²) >= 11 is 0. The van der Waals surface area contributed by atoms with Crippen molar-refractivity contribution in [2.75, 3.05) is 25.5 Å². The molecule has 0 unspecified atom stereocenters. The van der Waals surface area contributed by atoms with Gasteiger partial charge in [0.05, 0.1) is 18.9 Å². The van der Waals surface area contributed by atoms with Crippen molar-refractivity contribution in [2.45, 2.75) is 12.8 Å². The van der Waals surface area contributed by atoms with Crippen LogP contribution in [0.4, 0.5) is 5.95 Å². The van der Waals surface area contributed by atoms with Crippen molar-refractivity contribution in [3.63, 3.8) is 0 Å². The van der Waals surface area contributed by atoms with Gasteiger partial charge in [-0.3, -0.25) is 20.0 Å². The number of benzene rings is 1. The van der Waals surface area contributed by atoms with Crippen LogP contribution in [0.5, 0.6) is 5.75 Å². The first-order valence-electron chi connectivity index (χ1n) is 9.35. The van der Waals surface area contributed by atoms with Crippen LogP contribution in [0.1, 0.15) is 23.4 Å². The molecule has 1 aliphatic rings. The Balaban J connectivity index is 1.35. The first-order chi connectivity index (χ1) is 14.2. The molecule has 4 rings (SSSR count). The Morgan fingerprint density at radius 1 is 1.21 bits per heavy atom. The van der Waals surface area contributed by atoms with E-state index in [9.17, 15) is 9.59 Å². The summed E-state index contributed by atoms with van der Waals surface area (Å²) in [5.41, 5.74) is 0.757. The highest BCUT2D eigenvalue weighted by Crippen LogP contribution is 2.27. The highest BCUT2D eigenvalue weighted by atomic mass is 16.5. The summed E-state index contributed by atoms with van der Waals surface area (Å²) in [5.74, 6) is 1.20. The van der Waals surface area contributed by atoms with E-state index in [-0.39, 0.29) is 23.7 Å². The number of ether oxygens (including phenoxy) is 1. The standard InChI is InChI=1S/C20H21N5O4/c1-28-15-6-3-2-5-14(15)17-21-20(24-23-17)22-18(26)13-8-10-25(11-9-13)19(27)16-7-4-12-29-16/h2-7,12-13H,8-11H2,1H3,(H2,21,22,23,24,26). The average molecular weight is 395 g/mol. The van der Waals surface area contributed by atoms with Crippen LogP contribution < -0.4 is 10.1 Å². The molecule has 29 heavy (non-hydrogen) atoms. The molecule has 0 bridgehead atoms. The van der Waals surface area contributed by atoms with Crippen molar-refractivity contribution in [2.24, 2.45) is 5.92 Å². The van der Waals surface area contributed by atoms with Gasteiger partial charge in [-0.2, -0.15) is 4.98 Å². The van der Waals surface area contributed by atoms with Gasteiger partial charge < -0.3 is 14.1 Å². The molecule has 2 aromatic heterocycles. The summed E-state index contributed by atoms with van der Waals surface area (Å²) in [5, 5.41) is 9.66. The smallest absolute Gasteiger partial charge is 0.289 e. The number of rotatable bonds is 5. The Bertz CT molecular complexity index is 990. The predicted octanol–water partition coefficient (Wildman–Crippen LogP) is 2.56. The van der Waals surface area contributed by atoms with Gasteiger partial charge in [0.15, 0.2) is 11.6 Å². The minimum absolute atomic E-state index is 0.149. The van der Waals surface area contributed by atoms with Crippen molar-refractivity contribution in [3.8, 4) is 17.1 Å². The highest BCUT2D eigenvalue weighted by Gasteiger charge is 2.29. The molecule has 3 heterocycles. The first-order valence-corrected chi connectivity index (χ1v) is 9.35. The lowest BCUT2D eigenvalue weighted by atomic mass is 9.96. The van der Waals surface area contributed by atoms with Gasteiger partial charge in [-0.25, -0.2) is 0 Å². The van der Waals surface area contributed by atoms with E-state index in [1.54, 1.807) is 24.1 Å². The van der Waals surface area contributed by atoms with E-state index in [1.807, 2.05) is 24.3 Å². The van der Waals surface area contributed by atoms with Crippen molar-refractivity contribution in [3.05, 3.63) is 48.4 Å². The summed E-state index contributed by atoms with van der Waals surface area (Å²) in [6.07, 6.45) is 2.62. The van der Waals surface area contributed by atoms with E-state index in [4.69, 9.17) is 9.15 Å². The molecule has 2 amide bonds. The topological polar surface area (TPSA) is 113 Å². The number of piperidine rings is 1. The molecule has 9 heteroatoms. The number of anilines is 1. The zero-order valence-corrected chi connectivity index (χ0v) is 15.9. The maximum absolute atomic E-state index is 12.6. The van der Waals surface area contributed by atoms with Crippen LogP contribution in [0, 0.1) is 5.92 Å². The van der Waals surface area contributed by atoms with E-state index in [0.717, 1.165) is 5.56 Å². The van der Waals surface area contributed by atoms with Gasteiger partial charge in [-0.15, -0.1) is 5.10 Å². The van der Waals surface area contributed by atoms with Gasteiger partial charge in [0, 0.05) is 19.0 Å². The zero-order valence-electron chi connectivity index (χ0n) is 15.9. The summed E-state index contributed by atoms with van der Waals surface area (Å²) in [7, 11) is 1.58. The van der Waals surface area contributed by atoms with E-state index in [1.165, 1.54) is 6.26 Å². The second-order valence-corrected chi connectivity index (χ2v) is 6.74. The average Bonchev–Trinajstić information content (AvgIpc) is 3.46. The second kappa shape index (κ2) is 8.17. The molecule has 9 nitrogen and oxygen atoms in total. The molecule has 0 radical (unpaired) electrons. The monoisotopic (exact) mass is 395 g/mol. The van der Waals surface area contributed by atoms with E-state index >= 15 is 0 Å². The summed E-state index contributed by atoms with van der Waals surface area (Å²) in [6, 6.07) is 10.7. The number of hydrogen-bond acceptors (Lipinski definition) is 6. The van der Waals surface area contributed by atoms with Gasteiger partial charge in [0.2, 0.25) is 11.9 Å². The Labute approximate surface area is 167 Å². The van der Waals surface area contributed by atoms with Crippen molar-refractivity contribution in [1.82, 2.24) is 20.1 Å². The summed E-state index contributed by atoms with van der Waals surface area (Å²) in [6.45, 7) is 0.996. The third kappa shape index (κ3) is 3.98. The first kappa shape index (κ1) is 18.7. The van der Waals surface area contributed by atoms with Gasteiger partial charge in [-0.1, -0.05) is 12.1 Å². The largest absolute Gasteiger partial charge is 0.496 e. The van der Waals surface area contributed by atoms with Crippen LogP contribution in [0.15, 0.2) is 47.1 Å². The minimum atomic E-state index is -0.205. The molecule has 150 valence electrons. The fourth-order valence-electron chi connectivity index (χ4n) is 3.39. The Morgan fingerprint density at radius 2 is 2.00 bits per heavy atom. The quantitative estimate of drug-likeness (QED) is 0.686. The minimum Gasteiger partial charge on any atom is -0.496 e. The molecule has 2 N–H and O–H groups in total. The number of likely N-dealkylation sites (tertiary alicyclic amines) is 1. The number of nitrogens with one attached hydrogen (secondary N) is 2. The fourth-order valence-corrected chi connectivity index (χ4v) is 3.39. The number of hydrogen-bond donors (Lipinski definition) is 2. The lowest BCUT2D eigenvalue weighted by Gasteiger charge is -2.30. The number of carbonyl (C=O) groups is 2. The second-order valence-electron chi connectivity index (χ2n) is 6.74. The van der Waals surface area contributed by atoms with Crippen molar-refractivity contribution >= 4 is 17.8 Å². The maximum atomic E-state index is 12.6. The summed E-state index contributed by atoms with van der Waals surface area (Å²) < 4.78 is 10.5. The molecule has 0 saturated carbocycles. The molecule has 3 aromatic rings. The number of H-pyrrole nitrogens is 1. The number of methoxy groups -OCH3 is 1. The van der Waals surface area contributed by atoms with Crippen molar-refractivity contribution in [1.29, 1.82) is 0 Å². The van der Waals surface area contributed by atoms with E-state index < -0.39 is 0 Å². The van der Waals surface area contributed by atoms with Crippen LogP contribution in [-0.4, -0.2) is 52.1 Å². The van der Waals surface area contributed by atoms with E-state index in [0.29, 0.717) is 43.3 Å². The Kier molecular flexibility index (Phi) is 5.28. The number of aromatic nitrogens is 3. The van der Waals surface area contributed by atoms with Crippen LogP contribution in [-0.2, 0) is 4.79 Å². The SMILES string of the molecule is COc1ccccc1-c1nc(NC(=O)C2CCN(C(=O)c3ccco3)CC2)n[nH]1. The van der Waals surface area contributed by atoms with Gasteiger partial charge in [0.1, 0.15) is 5.75 Å². The van der Waals surface area contributed by atoms with Crippen molar-refractivity contribution < 1.29 is 18.7 Å². The molecule has 0 atom stereocenters. The molecule has 0 aliphatic carbocycles. The Morgan fingerprint density at radius 3 is 2.72 bits per heavy atom. The normalized spacial score (nSPS) is 14.6. The van der Waals surface area contributed by atoms with Gasteiger partial charge >= 0.3 is 0 Å². The van der Waals surface area contributed by atoms with Gasteiger partial charge in [-0.05, 0) is 37.1 Å². The third-order valence-corrected chi connectivity index (χ3v) is 4.97. The van der Waals surface area contributed by atoms with Crippen LogP contribution in [0.25, 0.3) is 11.4 Å². The molecular formula is C20H21N5O4. The molecular weight excluding hydrogens is 374 g/mol. The summed E-state index contributed by atoms with van der Waals surface area (Å²) in [4.78, 5) is 31.0. The number of aromatic amines is 1. The van der Waals surface area contributed by atoms with Gasteiger partial charge in [0.25, 0.3) is 5.91 Å². The molecule has 1 aliphatic heterocycles. The molecule has 1 saturated heterocycles. The number of furan rings is 1. The Hall–Kier alpha value is -3.62. The van der Waals surface area contributed by atoms with Crippen LogP contribution in [0.3, 0.4) is 0 Å². The van der Waals surface area contributed by atoms with E-state index in [2.05, 4.69) is 20.5 Å². The highest BCUT2D eigenvalue weighted by molar-refractivity contribution is 5.93. The number of carbonyl (C=O) groups excluding carboxylic acids is 2. The lowest BCUT2D eigenvalue weighted by Crippen LogP contribution is -2.41. The number of para-hydroxylation sites is 1. The third-order valence-electron chi connectivity index (χ3n) is 4.97. The molecule has 0 spiro atoms. The van der Waals surface area contributed by atoms with Crippen LogP contribution >= 0.6 is 0 Å². The molecule has 1 aromatic carbocycles.